The van der Waals surface area contributed by atoms with E-state index >= 15 is 0 Å². The number of sulfone groups is 1. The van der Waals surface area contributed by atoms with Crippen LogP contribution in [0.15, 0.2) is 42.7 Å². The highest BCUT2D eigenvalue weighted by Crippen LogP contribution is 2.29. The van der Waals surface area contributed by atoms with Crippen LogP contribution in [-0.4, -0.2) is 70.8 Å². The Morgan fingerprint density at radius 1 is 1.07 bits per heavy atom. The van der Waals surface area contributed by atoms with E-state index < -0.39 is 9.84 Å². The van der Waals surface area contributed by atoms with Crippen molar-refractivity contribution >= 4 is 15.7 Å². The largest absolute Gasteiger partial charge is 0.330 e. The minimum absolute atomic E-state index is 0.00792. The second kappa shape index (κ2) is 7.01. The number of nitrogens with zero attached hydrogens (tertiary/aromatic N) is 4. The van der Waals surface area contributed by atoms with Crippen molar-refractivity contribution in [2.75, 3.05) is 24.6 Å². The molecular formula is C19H22N4O3S. The van der Waals surface area contributed by atoms with E-state index in [0.717, 1.165) is 11.3 Å². The van der Waals surface area contributed by atoms with Gasteiger partial charge in [-0.2, -0.15) is 0 Å². The van der Waals surface area contributed by atoms with Crippen LogP contribution in [0.2, 0.25) is 0 Å². The molecular weight excluding hydrogens is 364 g/mol. The van der Waals surface area contributed by atoms with Crippen LogP contribution in [0.3, 0.4) is 0 Å². The Balaban J connectivity index is 1.58. The van der Waals surface area contributed by atoms with Crippen LogP contribution in [-0.2, 0) is 16.4 Å². The summed E-state index contributed by atoms with van der Waals surface area (Å²) in [6.07, 6.45) is 3.02. The predicted molar refractivity (Wildman–Crippen MR) is 101 cm³/mol. The topological polar surface area (TPSA) is 83.5 Å². The van der Waals surface area contributed by atoms with Gasteiger partial charge in [0.2, 0.25) is 0 Å². The molecule has 0 spiro atoms. The first-order valence-corrected chi connectivity index (χ1v) is 10.8. The molecule has 2 fully saturated rings. The Hall–Kier alpha value is -2.32. The summed E-state index contributed by atoms with van der Waals surface area (Å²) in [5, 5.41) is 0. The zero-order valence-electron chi connectivity index (χ0n) is 15.2. The predicted octanol–water partition coefficient (Wildman–Crippen LogP) is 0.909. The van der Waals surface area contributed by atoms with Gasteiger partial charge in [0.1, 0.15) is 5.69 Å². The van der Waals surface area contributed by atoms with Gasteiger partial charge in [0.15, 0.2) is 9.84 Å². The van der Waals surface area contributed by atoms with E-state index in [1.165, 1.54) is 6.20 Å². The fourth-order valence-electron chi connectivity index (χ4n) is 3.94. The number of carbonyl (C=O) groups is 1. The monoisotopic (exact) mass is 386 g/mol. The second-order valence-electron chi connectivity index (χ2n) is 7.21. The van der Waals surface area contributed by atoms with Crippen molar-refractivity contribution in [3.8, 4) is 0 Å². The van der Waals surface area contributed by atoms with Crippen molar-refractivity contribution in [3.63, 3.8) is 0 Å². The lowest BCUT2D eigenvalue weighted by Gasteiger charge is -2.43. The Morgan fingerprint density at radius 3 is 2.52 bits per heavy atom. The Bertz CT molecular complexity index is 931. The first-order valence-electron chi connectivity index (χ1n) is 9.01. The van der Waals surface area contributed by atoms with Crippen molar-refractivity contribution < 1.29 is 13.2 Å². The van der Waals surface area contributed by atoms with E-state index in [2.05, 4.69) is 14.9 Å². The number of amides is 1. The summed E-state index contributed by atoms with van der Waals surface area (Å²) in [6.45, 7) is 3.61. The highest BCUT2D eigenvalue weighted by Gasteiger charge is 2.48. The Kier molecular flexibility index (Phi) is 4.69. The number of fused-ring (bicyclic) bond motifs is 1. The van der Waals surface area contributed by atoms with Crippen LogP contribution in [0, 0.1) is 6.92 Å². The Labute approximate surface area is 159 Å². The molecule has 3 heterocycles. The second-order valence-corrected chi connectivity index (χ2v) is 9.36. The standard InChI is InChI=1S/C19H22N4O3S/c1-14-9-21-16(10-20-14)19(24)23-8-7-22(11-15-5-3-2-4-6-15)17-12-27(25,26)13-18(17)23/h2-6,9-10,17-18H,7-8,11-13H2,1H3/t17-,18+/m1/s1. The van der Waals surface area contributed by atoms with E-state index in [-0.39, 0.29) is 35.2 Å². The van der Waals surface area contributed by atoms with Gasteiger partial charge in [-0.1, -0.05) is 30.3 Å². The maximum atomic E-state index is 12.9. The number of piperazine rings is 1. The van der Waals surface area contributed by atoms with Crippen molar-refractivity contribution in [3.05, 3.63) is 59.7 Å². The number of rotatable bonds is 3. The molecule has 7 nitrogen and oxygen atoms in total. The van der Waals surface area contributed by atoms with Gasteiger partial charge in [0, 0.05) is 31.9 Å². The van der Waals surface area contributed by atoms with E-state index in [0.29, 0.717) is 19.6 Å². The van der Waals surface area contributed by atoms with Crippen molar-refractivity contribution in [1.82, 2.24) is 19.8 Å². The van der Waals surface area contributed by atoms with Crippen LogP contribution >= 0.6 is 0 Å². The fraction of sp³-hybridized carbons (Fsp3) is 0.421. The first kappa shape index (κ1) is 18.1. The molecule has 2 atom stereocenters. The molecule has 1 amide bonds. The third-order valence-corrected chi connectivity index (χ3v) is 6.98. The minimum atomic E-state index is -3.18. The van der Waals surface area contributed by atoms with Gasteiger partial charge in [-0.15, -0.1) is 0 Å². The quantitative estimate of drug-likeness (QED) is 0.780. The lowest BCUT2D eigenvalue weighted by atomic mass is 10.0. The fourth-order valence-corrected chi connectivity index (χ4v) is 5.95. The van der Waals surface area contributed by atoms with Gasteiger partial charge in [-0.3, -0.25) is 14.7 Å². The molecule has 2 aromatic rings. The number of carbonyl (C=O) groups excluding carboxylic acids is 1. The van der Waals surface area contributed by atoms with Gasteiger partial charge in [-0.05, 0) is 12.5 Å². The lowest BCUT2D eigenvalue weighted by molar-refractivity contribution is 0.0301. The summed E-state index contributed by atoms with van der Waals surface area (Å²) in [4.78, 5) is 25.1. The van der Waals surface area contributed by atoms with Gasteiger partial charge < -0.3 is 4.90 Å². The average molecular weight is 386 g/mol. The summed E-state index contributed by atoms with van der Waals surface area (Å²) >= 11 is 0. The molecule has 2 aliphatic rings. The molecule has 0 unspecified atom stereocenters. The average Bonchev–Trinajstić information content (AvgIpc) is 2.98. The first-order chi connectivity index (χ1) is 12.9. The third kappa shape index (κ3) is 3.72. The molecule has 142 valence electrons. The zero-order valence-corrected chi connectivity index (χ0v) is 16.0. The summed E-state index contributed by atoms with van der Waals surface area (Å²) in [7, 11) is -3.18. The zero-order chi connectivity index (χ0) is 19.0. The molecule has 0 bridgehead atoms. The summed E-state index contributed by atoms with van der Waals surface area (Å²) in [6, 6.07) is 9.47. The Morgan fingerprint density at radius 2 is 1.81 bits per heavy atom. The smallest absolute Gasteiger partial charge is 0.274 e. The molecule has 0 saturated carbocycles. The highest BCUT2D eigenvalue weighted by atomic mass is 32.2. The number of benzene rings is 1. The number of hydrogen-bond donors (Lipinski definition) is 0. The molecule has 2 aliphatic heterocycles. The third-order valence-electron chi connectivity index (χ3n) is 5.28. The summed E-state index contributed by atoms with van der Waals surface area (Å²) < 4.78 is 24.7. The maximum absolute atomic E-state index is 12.9. The SMILES string of the molecule is Cc1cnc(C(=O)N2CCN(Cc3ccccc3)[C@@H]3CS(=O)(=O)C[C@@H]32)cn1. The van der Waals surface area contributed by atoms with E-state index in [1.54, 1.807) is 11.1 Å². The van der Waals surface area contributed by atoms with E-state index in [4.69, 9.17) is 0 Å². The van der Waals surface area contributed by atoms with Gasteiger partial charge in [0.05, 0.1) is 29.4 Å². The van der Waals surface area contributed by atoms with Crippen molar-refractivity contribution in [1.29, 1.82) is 0 Å². The number of aromatic nitrogens is 2. The molecule has 0 aliphatic carbocycles. The minimum Gasteiger partial charge on any atom is -0.330 e. The molecule has 1 aromatic heterocycles. The van der Waals surface area contributed by atoms with Crippen molar-refractivity contribution in [2.24, 2.45) is 0 Å². The lowest BCUT2D eigenvalue weighted by Crippen LogP contribution is -2.60. The molecule has 1 aromatic carbocycles. The van der Waals surface area contributed by atoms with Gasteiger partial charge in [-0.25, -0.2) is 13.4 Å². The number of hydrogen-bond acceptors (Lipinski definition) is 6. The van der Waals surface area contributed by atoms with Crippen LogP contribution < -0.4 is 0 Å². The van der Waals surface area contributed by atoms with Crippen LogP contribution in [0.4, 0.5) is 0 Å². The van der Waals surface area contributed by atoms with Crippen LogP contribution in [0.1, 0.15) is 21.7 Å². The van der Waals surface area contributed by atoms with Crippen LogP contribution in [0.25, 0.3) is 0 Å². The van der Waals surface area contributed by atoms with Crippen LogP contribution in [0.5, 0.6) is 0 Å². The molecule has 0 N–H and O–H groups in total. The molecule has 4 rings (SSSR count). The van der Waals surface area contributed by atoms with Gasteiger partial charge in [0.25, 0.3) is 5.91 Å². The summed E-state index contributed by atoms with van der Waals surface area (Å²) in [5.41, 5.74) is 2.14. The maximum Gasteiger partial charge on any atom is 0.274 e. The molecule has 0 radical (unpaired) electrons. The highest BCUT2D eigenvalue weighted by molar-refractivity contribution is 7.91. The van der Waals surface area contributed by atoms with E-state index in [9.17, 15) is 13.2 Å². The molecule has 8 heteroatoms. The van der Waals surface area contributed by atoms with E-state index in [1.807, 2.05) is 37.3 Å². The summed E-state index contributed by atoms with van der Waals surface area (Å²) in [5.74, 6) is -0.143. The molecule has 27 heavy (non-hydrogen) atoms. The molecule has 2 saturated heterocycles. The van der Waals surface area contributed by atoms with Gasteiger partial charge >= 0.3 is 0 Å². The van der Waals surface area contributed by atoms with Crippen molar-refractivity contribution in [2.45, 2.75) is 25.6 Å². The normalized spacial score (nSPS) is 24.6. The number of aryl methyl sites for hydroxylation is 1.